The van der Waals surface area contributed by atoms with E-state index in [9.17, 15) is 4.79 Å². The molecule has 0 atom stereocenters. The molecule has 0 saturated carbocycles. The van der Waals surface area contributed by atoms with Crippen LogP contribution in [0.25, 0.3) is 15.2 Å². The number of imidazole rings is 1. The summed E-state index contributed by atoms with van der Waals surface area (Å²) in [4.78, 5) is 15.7. The first kappa shape index (κ1) is 9.35. The highest BCUT2D eigenvalue weighted by molar-refractivity contribution is 7.23. The lowest BCUT2D eigenvalue weighted by atomic mass is 10.3. The van der Waals surface area contributed by atoms with E-state index in [-0.39, 0.29) is 0 Å². The summed E-state index contributed by atoms with van der Waals surface area (Å²) >= 11 is 1.55. The molecule has 0 aliphatic rings. The predicted molar refractivity (Wildman–Crippen MR) is 62.5 cm³/mol. The van der Waals surface area contributed by atoms with Crippen molar-refractivity contribution in [2.45, 2.75) is 0 Å². The van der Waals surface area contributed by atoms with E-state index in [2.05, 4.69) is 4.98 Å². The monoisotopic (exact) mass is 232 g/mol. The molecule has 3 rings (SSSR count). The molecule has 0 aliphatic carbocycles. The van der Waals surface area contributed by atoms with Crippen LogP contribution in [0.4, 0.5) is 0 Å². The Bertz CT molecular complexity index is 684. The fraction of sp³-hybridized carbons (Fsp3) is 0.0909. The zero-order valence-electron chi connectivity index (χ0n) is 8.51. The van der Waals surface area contributed by atoms with E-state index in [0.717, 1.165) is 27.2 Å². The van der Waals surface area contributed by atoms with Crippen LogP contribution in [0.5, 0.6) is 5.75 Å². The summed E-state index contributed by atoms with van der Waals surface area (Å²) in [7, 11) is 1.63. The lowest BCUT2D eigenvalue weighted by molar-refractivity contribution is 0.111. The molecule has 5 heteroatoms. The van der Waals surface area contributed by atoms with Gasteiger partial charge in [0.05, 0.1) is 17.3 Å². The quantitative estimate of drug-likeness (QED) is 0.637. The molecule has 0 spiro atoms. The molecule has 1 aromatic carbocycles. The first-order valence-electron chi connectivity index (χ1n) is 4.72. The summed E-state index contributed by atoms with van der Waals surface area (Å²) < 4.78 is 8.21. The topological polar surface area (TPSA) is 43.6 Å². The maximum atomic E-state index is 10.6. The standard InChI is InChI=1S/C11H8N2O2S/c1-15-8-2-3-10-9(4-8)13-5-7(6-14)12-11(13)16-10/h2-6H,1H3. The van der Waals surface area contributed by atoms with Gasteiger partial charge < -0.3 is 4.74 Å². The minimum absolute atomic E-state index is 0.455. The zero-order valence-corrected chi connectivity index (χ0v) is 9.32. The van der Waals surface area contributed by atoms with E-state index in [1.165, 1.54) is 0 Å². The second-order valence-corrected chi connectivity index (χ2v) is 4.38. The first-order chi connectivity index (χ1) is 7.81. The molecule has 0 aliphatic heterocycles. The number of ether oxygens (including phenoxy) is 1. The van der Waals surface area contributed by atoms with Gasteiger partial charge >= 0.3 is 0 Å². The largest absolute Gasteiger partial charge is 0.497 e. The fourth-order valence-electron chi connectivity index (χ4n) is 1.68. The molecule has 3 aromatic rings. The number of hydrogen-bond acceptors (Lipinski definition) is 4. The molecule has 0 unspecified atom stereocenters. The van der Waals surface area contributed by atoms with Crippen LogP contribution >= 0.6 is 11.3 Å². The summed E-state index contributed by atoms with van der Waals surface area (Å²) in [5.41, 5.74) is 1.47. The number of hydrogen-bond donors (Lipinski definition) is 0. The highest BCUT2D eigenvalue weighted by atomic mass is 32.1. The van der Waals surface area contributed by atoms with Crippen LogP contribution in [0.3, 0.4) is 0 Å². The molecule has 2 aromatic heterocycles. The number of thiazole rings is 1. The normalized spacial score (nSPS) is 11.1. The Balaban J connectivity index is 2.38. The number of aldehydes is 1. The van der Waals surface area contributed by atoms with Crippen molar-refractivity contribution in [2.24, 2.45) is 0 Å². The van der Waals surface area contributed by atoms with Crippen molar-refractivity contribution in [2.75, 3.05) is 7.11 Å². The second-order valence-electron chi connectivity index (χ2n) is 3.37. The highest BCUT2D eigenvalue weighted by Crippen LogP contribution is 2.29. The maximum Gasteiger partial charge on any atom is 0.195 e. The van der Waals surface area contributed by atoms with Crippen molar-refractivity contribution >= 4 is 32.8 Å². The summed E-state index contributed by atoms with van der Waals surface area (Å²) in [6.07, 6.45) is 2.49. The van der Waals surface area contributed by atoms with Gasteiger partial charge in [-0.1, -0.05) is 11.3 Å². The van der Waals surface area contributed by atoms with Crippen LogP contribution in [0.2, 0.25) is 0 Å². The molecule has 4 nitrogen and oxygen atoms in total. The zero-order chi connectivity index (χ0) is 11.1. The van der Waals surface area contributed by atoms with Gasteiger partial charge in [0.1, 0.15) is 11.4 Å². The van der Waals surface area contributed by atoms with Crippen LogP contribution < -0.4 is 4.74 Å². The molecule has 0 radical (unpaired) electrons. The van der Waals surface area contributed by atoms with Crippen molar-refractivity contribution in [3.63, 3.8) is 0 Å². The van der Waals surface area contributed by atoms with Gasteiger partial charge in [0, 0.05) is 12.3 Å². The van der Waals surface area contributed by atoms with Gasteiger partial charge in [0.15, 0.2) is 11.2 Å². The number of benzene rings is 1. The van der Waals surface area contributed by atoms with E-state index < -0.39 is 0 Å². The molecule has 0 N–H and O–H groups in total. The van der Waals surface area contributed by atoms with Crippen molar-refractivity contribution in [1.82, 2.24) is 9.38 Å². The van der Waals surface area contributed by atoms with E-state index in [0.29, 0.717) is 5.69 Å². The Morgan fingerprint density at radius 3 is 3.12 bits per heavy atom. The highest BCUT2D eigenvalue weighted by Gasteiger charge is 2.08. The van der Waals surface area contributed by atoms with Crippen LogP contribution in [-0.2, 0) is 0 Å². The Labute approximate surface area is 95.1 Å². The number of nitrogens with zero attached hydrogens (tertiary/aromatic N) is 2. The Morgan fingerprint density at radius 1 is 1.50 bits per heavy atom. The van der Waals surface area contributed by atoms with E-state index in [1.54, 1.807) is 24.6 Å². The smallest absolute Gasteiger partial charge is 0.195 e. The van der Waals surface area contributed by atoms with Crippen molar-refractivity contribution in [3.05, 3.63) is 30.1 Å². The molecular weight excluding hydrogens is 224 g/mol. The van der Waals surface area contributed by atoms with Crippen LogP contribution in [0, 0.1) is 0 Å². The number of rotatable bonds is 2. The van der Waals surface area contributed by atoms with Crippen LogP contribution in [0.1, 0.15) is 10.5 Å². The number of fused-ring (bicyclic) bond motifs is 3. The van der Waals surface area contributed by atoms with E-state index in [1.807, 2.05) is 22.6 Å². The minimum atomic E-state index is 0.455. The predicted octanol–water partition coefficient (Wildman–Crippen LogP) is 2.37. The number of methoxy groups -OCH3 is 1. The third-order valence-electron chi connectivity index (χ3n) is 2.44. The van der Waals surface area contributed by atoms with Gasteiger partial charge in [-0.3, -0.25) is 9.20 Å². The number of carbonyl (C=O) groups is 1. The van der Waals surface area contributed by atoms with Gasteiger partial charge in [-0.25, -0.2) is 4.98 Å². The van der Waals surface area contributed by atoms with Crippen molar-refractivity contribution in [1.29, 1.82) is 0 Å². The van der Waals surface area contributed by atoms with Crippen molar-refractivity contribution in [3.8, 4) is 5.75 Å². The lowest BCUT2D eigenvalue weighted by Crippen LogP contribution is -1.83. The molecule has 2 heterocycles. The average molecular weight is 232 g/mol. The third-order valence-corrected chi connectivity index (χ3v) is 3.48. The Hall–Kier alpha value is -1.88. The summed E-state index contributed by atoms with van der Waals surface area (Å²) in [5.74, 6) is 0.800. The molecule has 16 heavy (non-hydrogen) atoms. The number of carbonyl (C=O) groups excluding carboxylic acids is 1. The molecule has 0 amide bonds. The summed E-state index contributed by atoms with van der Waals surface area (Å²) in [6.45, 7) is 0. The Kier molecular flexibility index (Phi) is 1.94. The number of aromatic nitrogens is 2. The van der Waals surface area contributed by atoms with Crippen molar-refractivity contribution < 1.29 is 9.53 Å². The van der Waals surface area contributed by atoms with Gasteiger partial charge in [0.25, 0.3) is 0 Å². The molecule has 0 bridgehead atoms. The fourth-order valence-corrected chi connectivity index (χ4v) is 2.67. The van der Waals surface area contributed by atoms with Gasteiger partial charge in [0.2, 0.25) is 0 Å². The Morgan fingerprint density at radius 2 is 2.38 bits per heavy atom. The van der Waals surface area contributed by atoms with Crippen LogP contribution in [-0.4, -0.2) is 22.8 Å². The lowest BCUT2D eigenvalue weighted by Gasteiger charge is -1.98. The first-order valence-corrected chi connectivity index (χ1v) is 5.54. The average Bonchev–Trinajstić information content (AvgIpc) is 2.85. The molecular formula is C11H8N2O2S. The van der Waals surface area contributed by atoms with E-state index >= 15 is 0 Å². The second kappa shape index (κ2) is 3.31. The van der Waals surface area contributed by atoms with Gasteiger partial charge in [-0.15, -0.1) is 0 Å². The molecule has 80 valence electrons. The minimum Gasteiger partial charge on any atom is -0.497 e. The van der Waals surface area contributed by atoms with Crippen LogP contribution in [0.15, 0.2) is 24.4 Å². The van der Waals surface area contributed by atoms with E-state index in [4.69, 9.17) is 4.74 Å². The molecule has 0 fully saturated rings. The maximum absolute atomic E-state index is 10.6. The summed E-state index contributed by atoms with van der Waals surface area (Å²) in [5, 5.41) is 0. The SMILES string of the molecule is COc1ccc2sc3nc(C=O)cn3c2c1. The third kappa shape index (κ3) is 1.22. The molecule has 0 saturated heterocycles. The summed E-state index contributed by atoms with van der Waals surface area (Å²) in [6, 6.07) is 5.85. The van der Waals surface area contributed by atoms with Gasteiger partial charge in [-0.05, 0) is 12.1 Å². The van der Waals surface area contributed by atoms with Gasteiger partial charge in [-0.2, -0.15) is 0 Å².